The first-order valence-corrected chi connectivity index (χ1v) is 8.11. The third-order valence-electron chi connectivity index (χ3n) is 3.04. The van der Waals surface area contributed by atoms with Crippen molar-refractivity contribution in [1.29, 1.82) is 5.26 Å². The Kier molecular flexibility index (Phi) is 5.11. The van der Waals surface area contributed by atoms with E-state index in [0.29, 0.717) is 11.1 Å². The predicted molar refractivity (Wildman–Crippen MR) is 82.6 cm³/mol. The Bertz CT molecular complexity index is 842. The van der Waals surface area contributed by atoms with Crippen LogP contribution in [-0.2, 0) is 25.5 Å². The number of benzene rings is 2. The van der Waals surface area contributed by atoms with Gasteiger partial charge in [0, 0.05) is 0 Å². The predicted octanol–water partition coefficient (Wildman–Crippen LogP) is 1.36. The molecular formula is C16H14N2O4S. The van der Waals surface area contributed by atoms with Crippen LogP contribution in [0.15, 0.2) is 59.5 Å². The molecule has 0 amide bonds. The highest BCUT2D eigenvalue weighted by molar-refractivity contribution is 7.87. The van der Waals surface area contributed by atoms with Crippen molar-refractivity contribution in [2.45, 2.75) is 17.4 Å². The van der Waals surface area contributed by atoms with Gasteiger partial charge >= 0.3 is 16.1 Å². The lowest BCUT2D eigenvalue weighted by atomic mass is 10.0. The topological polar surface area (TPSA) is 110 Å². The Hall–Kier alpha value is -2.69. The fraction of sp³-hybridized carbons (Fsp3) is 0.125. The van der Waals surface area contributed by atoms with Gasteiger partial charge in [-0.1, -0.05) is 30.3 Å². The van der Waals surface area contributed by atoms with Gasteiger partial charge in [-0.15, -0.1) is 0 Å². The summed E-state index contributed by atoms with van der Waals surface area (Å²) < 4.78 is 28.5. The molecule has 2 aromatic rings. The summed E-state index contributed by atoms with van der Waals surface area (Å²) in [6.45, 7) is 0. The first kappa shape index (κ1) is 16.7. The molecule has 0 spiro atoms. The zero-order valence-corrected chi connectivity index (χ0v) is 12.9. The number of nitriles is 1. The van der Waals surface area contributed by atoms with Gasteiger partial charge in [-0.3, -0.25) is 0 Å². The fourth-order valence-electron chi connectivity index (χ4n) is 1.91. The van der Waals surface area contributed by atoms with Crippen molar-refractivity contribution in [3.63, 3.8) is 0 Å². The van der Waals surface area contributed by atoms with Crippen LogP contribution in [0.25, 0.3) is 0 Å². The van der Waals surface area contributed by atoms with E-state index >= 15 is 0 Å². The number of carbonyl (C=O) groups excluding carboxylic acids is 1. The molecule has 0 saturated heterocycles. The number of carbonyl (C=O) groups is 1. The molecule has 2 N–H and O–H groups in total. The summed E-state index contributed by atoms with van der Waals surface area (Å²) in [6, 6.07) is 14.7. The third kappa shape index (κ3) is 4.39. The van der Waals surface area contributed by atoms with Crippen LogP contribution in [0.2, 0.25) is 0 Å². The van der Waals surface area contributed by atoms with E-state index in [2.05, 4.69) is 4.18 Å². The van der Waals surface area contributed by atoms with Crippen molar-refractivity contribution in [1.82, 2.24) is 0 Å². The Morgan fingerprint density at radius 2 is 1.87 bits per heavy atom. The molecule has 0 fully saturated rings. The average Bonchev–Trinajstić information content (AvgIpc) is 2.55. The number of hydrogen-bond acceptors (Lipinski definition) is 6. The lowest BCUT2D eigenvalue weighted by molar-refractivity contribution is -0.135. The lowest BCUT2D eigenvalue weighted by Gasteiger charge is -2.11. The van der Waals surface area contributed by atoms with E-state index in [1.807, 2.05) is 6.07 Å². The van der Waals surface area contributed by atoms with Gasteiger partial charge in [-0.2, -0.15) is 13.7 Å². The molecule has 6 nitrogen and oxygen atoms in total. The van der Waals surface area contributed by atoms with Gasteiger partial charge in [0.25, 0.3) is 0 Å². The minimum absolute atomic E-state index is 0.0681. The molecule has 118 valence electrons. The van der Waals surface area contributed by atoms with E-state index < -0.39 is 22.1 Å². The molecule has 0 aromatic heterocycles. The van der Waals surface area contributed by atoms with Crippen molar-refractivity contribution in [2.24, 2.45) is 5.73 Å². The quantitative estimate of drug-likeness (QED) is 0.829. The molecule has 0 aliphatic heterocycles. The summed E-state index contributed by atoms with van der Waals surface area (Å²) in [5.74, 6) is -1.05. The maximum absolute atomic E-state index is 12.0. The van der Waals surface area contributed by atoms with Crippen LogP contribution in [0, 0.1) is 11.3 Å². The summed E-state index contributed by atoms with van der Waals surface area (Å²) in [7, 11) is -4.19. The van der Waals surface area contributed by atoms with Crippen molar-refractivity contribution in [2.75, 3.05) is 0 Å². The fourth-order valence-corrected chi connectivity index (χ4v) is 2.84. The minimum atomic E-state index is -4.19. The molecule has 0 radical (unpaired) electrons. The molecule has 23 heavy (non-hydrogen) atoms. The van der Waals surface area contributed by atoms with Gasteiger partial charge in [-0.05, 0) is 36.2 Å². The average molecular weight is 330 g/mol. The first-order valence-electron chi connectivity index (χ1n) is 6.70. The molecule has 0 aliphatic rings. The van der Waals surface area contributed by atoms with E-state index in [-0.39, 0.29) is 11.3 Å². The van der Waals surface area contributed by atoms with Crippen LogP contribution in [0.5, 0.6) is 0 Å². The molecule has 0 heterocycles. The van der Waals surface area contributed by atoms with Crippen molar-refractivity contribution < 1.29 is 17.4 Å². The smallest absolute Gasteiger partial charge is 0.341 e. The van der Waals surface area contributed by atoms with Crippen LogP contribution in [0.3, 0.4) is 0 Å². The Balaban J connectivity index is 2.07. The summed E-state index contributed by atoms with van der Waals surface area (Å²) in [6.07, 6.45) is 0.0681. The zero-order valence-electron chi connectivity index (χ0n) is 12.0. The first-order chi connectivity index (χ1) is 10.9. The monoisotopic (exact) mass is 330 g/mol. The minimum Gasteiger partial charge on any atom is -0.341 e. The van der Waals surface area contributed by atoms with E-state index in [0.717, 1.165) is 0 Å². The lowest BCUT2D eigenvalue weighted by Crippen LogP contribution is -2.35. The standard InChI is InChI=1S/C16H14N2O4S/c17-11-13-6-4-5-12(9-13)10-15(18)16(19)22-23(20,21)14-7-2-1-3-8-14/h1-9,15H,10,18H2/t15-/m0/s1. The molecule has 0 bridgehead atoms. The Morgan fingerprint density at radius 1 is 1.17 bits per heavy atom. The maximum Gasteiger partial charge on any atom is 0.341 e. The van der Waals surface area contributed by atoms with Gasteiger partial charge in [0.15, 0.2) is 0 Å². The molecule has 1 atom stereocenters. The highest BCUT2D eigenvalue weighted by Gasteiger charge is 2.24. The van der Waals surface area contributed by atoms with Gasteiger partial charge in [0.05, 0.1) is 11.6 Å². The van der Waals surface area contributed by atoms with Crippen molar-refractivity contribution in [3.8, 4) is 6.07 Å². The van der Waals surface area contributed by atoms with Crippen molar-refractivity contribution in [3.05, 3.63) is 65.7 Å². The third-order valence-corrected chi connectivity index (χ3v) is 4.27. The largest absolute Gasteiger partial charge is 0.341 e. The summed E-state index contributed by atoms with van der Waals surface area (Å²) in [5, 5.41) is 8.83. The van der Waals surface area contributed by atoms with Crippen LogP contribution in [-0.4, -0.2) is 20.4 Å². The van der Waals surface area contributed by atoms with E-state index in [9.17, 15) is 13.2 Å². The molecular weight excluding hydrogens is 316 g/mol. The second-order valence-corrected chi connectivity index (χ2v) is 6.34. The molecule has 0 aliphatic carbocycles. The summed E-state index contributed by atoms with van der Waals surface area (Å²) in [4.78, 5) is 11.8. The van der Waals surface area contributed by atoms with Crippen LogP contribution >= 0.6 is 0 Å². The van der Waals surface area contributed by atoms with E-state index in [1.165, 1.54) is 24.3 Å². The molecule has 2 rings (SSSR count). The number of rotatable bonds is 5. The molecule has 7 heteroatoms. The van der Waals surface area contributed by atoms with Gasteiger partial charge in [-0.25, -0.2) is 4.79 Å². The second kappa shape index (κ2) is 7.05. The number of nitrogens with two attached hydrogens (primary N) is 1. The summed E-state index contributed by atoms with van der Waals surface area (Å²) >= 11 is 0. The summed E-state index contributed by atoms with van der Waals surface area (Å²) in [5.41, 5.74) is 6.78. The maximum atomic E-state index is 12.0. The van der Waals surface area contributed by atoms with Crippen LogP contribution in [0.4, 0.5) is 0 Å². The van der Waals surface area contributed by atoms with E-state index in [1.54, 1.807) is 30.3 Å². The SMILES string of the molecule is N#Cc1cccc(C[C@H](N)C(=O)OS(=O)(=O)c2ccccc2)c1. The number of hydrogen-bond donors (Lipinski definition) is 1. The van der Waals surface area contributed by atoms with E-state index in [4.69, 9.17) is 11.0 Å². The molecule has 2 aromatic carbocycles. The Labute approximate surface area is 134 Å². The van der Waals surface area contributed by atoms with Gasteiger partial charge in [0.2, 0.25) is 0 Å². The molecule has 0 unspecified atom stereocenters. The second-order valence-electron chi connectivity index (χ2n) is 4.79. The van der Waals surface area contributed by atoms with Crippen LogP contribution in [0.1, 0.15) is 11.1 Å². The highest BCUT2D eigenvalue weighted by Crippen LogP contribution is 2.13. The van der Waals surface area contributed by atoms with Crippen molar-refractivity contribution >= 4 is 16.1 Å². The number of nitrogens with zero attached hydrogens (tertiary/aromatic N) is 1. The Morgan fingerprint density at radius 3 is 2.52 bits per heavy atom. The normalized spacial score (nSPS) is 12.2. The zero-order chi connectivity index (χ0) is 16.9. The van der Waals surface area contributed by atoms with Gasteiger partial charge < -0.3 is 9.92 Å². The molecule has 0 saturated carbocycles. The van der Waals surface area contributed by atoms with Crippen LogP contribution < -0.4 is 5.73 Å². The highest BCUT2D eigenvalue weighted by atomic mass is 32.2. The van der Waals surface area contributed by atoms with Gasteiger partial charge in [0.1, 0.15) is 10.9 Å².